The van der Waals surface area contributed by atoms with Gasteiger partial charge in [-0.15, -0.1) is 0 Å². The Labute approximate surface area is 254 Å². The maximum absolute atomic E-state index is 14.3. The number of ether oxygens (including phenoxy) is 1. The third-order valence-corrected chi connectivity index (χ3v) is 7.30. The molecular weight excluding hydrogens is 573 g/mol. The molecule has 3 aromatic carbocycles. The van der Waals surface area contributed by atoms with Crippen LogP contribution in [-0.4, -0.2) is 62.6 Å². The molecule has 0 saturated carbocycles. The monoisotopic (exact) mass is 610 g/mol. The molecule has 234 valence electrons. The molecule has 1 unspecified atom stereocenters. The second-order valence-electron chi connectivity index (χ2n) is 11.5. The van der Waals surface area contributed by atoms with Crippen molar-refractivity contribution in [2.75, 3.05) is 18.4 Å². The van der Waals surface area contributed by atoms with Crippen molar-refractivity contribution in [3.8, 4) is 5.69 Å². The summed E-state index contributed by atoms with van der Waals surface area (Å²) in [7, 11) is 0. The van der Waals surface area contributed by atoms with E-state index in [-0.39, 0.29) is 6.61 Å². The SMILES string of the molecule is Cc1cc(NCC(O)(CN(C(=O)C(C)C)C(C)C)C(F)(F)F)c2cnn(-c3cccc(C(=O)OCc4ccccc4)c3)c2c1. The van der Waals surface area contributed by atoms with Gasteiger partial charge < -0.3 is 20.1 Å². The Kier molecular flexibility index (Phi) is 9.68. The lowest BCUT2D eigenvalue weighted by molar-refractivity contribution is -0.259. The van der Waals surface area contributed by atoms with Crippen molar-refractivity contribution in [3.05, 3.63) is 89.6 Å². The maximum Gasteiger partial charge on any atom is 0.420 e. The van der Waals surface area contributed by atoms with E-state index in [4.69, 9.17) is 4.74 Å². The van der Waals surface area contributed by atoms with Gasteiger partial charge in [0.05, 0.1) is 36.1 Å². The van der Waals surface area contributed by atoms with Crippen molar-refractivity contribution < 1.29 is 32.6 Å². The fourth-order valence-corrected chi connectivity index (χ4v) is 4.81. The molecule has 4 aromatic rings. The van der Waals surface area contributed by atoms with Crippen LogP contribution < -0.4 is 5.32 Å². The zero-order valence-corrected chi connectivity index (χ0v) is 25.4. The molecular formula is C33H37F3N4O4. The zero-order valence-electron chi connectivity index (χ0n) is 25.4. The number of fused-ring (bicyclic) bond motifs is 1. The number of alkyl halides is 3. The Hall–Kier alpha value is -4.38. The van der Waals surface area contributed by atoms with E-state index >= 15 is 0 Å². The van der Waals surface area contributed by atoms with Gasteiger partial charge in [0, 0.05) is 23.0 Å². The number of anilines is 1. The third-order valence-electron chi connectivity index (χ3n) is 7.30. The van der Waals surface area contributed by atoms with Crippen LogP contribution in [0.4, 0.5) is 18.9 Å². The maximum atomic E-state index is 14.3. The molecule has 4 rings (SSSR count). The molecule has 0 radical (unpaired) electrons. The summed E-state index contributed by atoms with van der Waals surface area (Å²) >= 11 is 0. The van der Waals surface area contributed by atoms with Crippen LogP contribution in [-0.2, 0) is 16.1 Å². The molecule has 0 aliphatic carbocycles. The smallest absolute Gasteiger partial charge is 0.420 e. The number of benzene rings is 3. The van der Waals surface area contributed by atoms with Gasteiger partial charge in [-0.1, -0.05) is 50.2 Å². The van der Waals surface area contributed by atoms with Crippen LogP contribution in [0.1, 0.15) is 49.2 Å². The van der Waals surface area contributed by atoms with Crippen LogP contribution >= 0.6 is 0 Å². The molecule has 0 fully saturated rings. The highest BCUT2D eigenvalue weighted by atomic mass is 19.4. The lowest BCUT2D eigenvalue weighted by atomic mass is 9.99. The number of rotatable bonds is 11. The van der Waals surface area contributed by atoms with Crippen LogP contribution in [0, 0.1) is 12.8 Å². The van der Waals surface area contributed by atoms with E-state index < -0.39 is 48.7 Å². The van der Waals surface area contributed by atoms with E-state index in [9.17, 15) is 27.9 Å². The minimum Gasteiger partial charge on any atom is -0.457 e. The Morgan fingerprint density at radius 2 is 1.73 bits per heavy atom. The summed E-state index contributed by atoms with van der Waals surface area (Å²) < 4.78 is 49.9. The zero-order chi connectivity index (χ0) is 32.2. The number of nitrogens with one attached hydrogen (secondary N) is 1. The highest BCUT2D eigenvalue weighted by Crippen LogP contribution is 2.34. The summed E-state index contributed by atoms with van der Waals surface area (Å²) in [6, 6.07) is 19.0. The minimum atomic E-state index is -5.02. The number of hydrogen-bond acceptors (Lipinski definition) is 6. The van der Waals surface area contributed by atoms with Crippen LogP contribution in [0.15, 0.2) is 72.9 Å². The molecule has 0 spiro atoms. The highest BCUT2D eigenvalue weighted by molar-refractivity contribution is 5.94. The average Bonchev–Trinajstić information content (AvgIpc) is 3.40. The molecule has 0 aliphatic rings. The van der Waals surface area contributed by atoms with E-state index in [2.05, 4.69) is 10.4 Å². The number of carbonyl (C=O) groups excluding carboxylic acids is 2. The molecule has 2 N–H and O–H groups in total. The molecule has 8 nitrogen and oxygen atoms in total. The van der Waals surface area contributed by atoms with Crippen molar-refractivity contribution in [3.63, 3.8) is 0 Å². The molecule has 1 amide bonds. The number of amides is 1. The van der Waals surface area contributed by atoms with Crippen molar-refractivity contribution in [2.45, 2.75) is 59.0 Å². The number of halogens is 3. The Morgan fingerprint density at radius 3 is 2.36 bits per heavy atom. The Bertz CT molecular complexity index is 1620. The highest BCUT2D eigenvalue weighted by Gasteiger charge is 2.55. The summed E-state index contributed by atoms with van der Waals surface area (Å²) in [5.74, 6) is -1.52. The number of aromatic nitrogens is 2. The Morgan fingerprint density at radius 1 is 1.02 bits per heavy atom. The molecule has 44 heavy (non-hydrogen) atoms. The lowest BCUT2D eigenvalue weighted by Crippen LogP contribution is -2.60. The molecule has 1 atom stereocenters. The first-order valence-electron chi connectivity index (χ1n) is 14.3. The summed E-state index contributed by atoms with van der Waals surface area (Å²) in [4.78, 5) is 26.5. The predicted octanol–water partition coefficient (Wildman–Crippen LogP) is 6.29. The Balaban J connectivity index is 1.60. The summed E-state index contributed by atoms with van der Waals surface area (Å²) in [5.41, 5.74) is 0.143. The number of hydrogen-bond donors (Lipinski definition) is 2. The van der Waals surface area contributed by atoms with Crippen LogP contribution in [0.5, 0.6) is 0 Å². The quantitative estimate of drug-likeness (QED) is 0.194. The van der Waals surface area contributed by atoms with Crippen molar-refractivity contribution in [2.24, 2.45) is 5.92 Å². The first-order valence-corrected chi connectivity index (χ1v) is 14.3. The van der Waals surface area contributed by atoms with E-state index in [1.165, 1.54) is 6.20 Å². The number of nitrogens with zero attached hydrogens (tertiary/aromatic N) is 3. The van der Waals surface area contributed by atoms with Crippen LogP contribution in [0.25, 0.3) is 16.6 Å². The minimum absolute atomic E-state index is 0.119. The predicted molar refractivity (Wildman–Crippen MR) is 163 cm³/mol. The van der Waals surface area contributed by atoms with Crippen molar-refractivity contribution in [1.82, 2.24) is 14.7 Å². The van der Waals surface area contributed by atoms with Crippen molar-refractivity contribution in [1.29, 1.82) is 0 Å². The lowest BCUT2D eigenvalue weighted by Gasteiger charge is -2.38. The van der Waals surface area contributed by atoms with E-state index in [1.807, 2.05) is 36.4 Å². The van der Waals surface area contributed by atoms with E-state index in [0.29, 0.717) is 27.8 Å². The molecule has 0 bridgehead atoms. The number of aliphatic hydroxyl groups is 1. The molecule has 11 heteroatoms. The van der Waals surface area contributed by atoms with Crippen LogP contribution in [0.3, 0.4) is 0 Å². The number of esters is 1. The van der Waals surface area contributed by atoms with Gasteiger partial charge in [-0.25, -0.2) is 9.48 Å². The van der Waals surface area contributed by atoms with Gasteiger partial charge in [-0.05, 0) is 62.2 Å². The molecule has 0 aliphatic heterocycles. The molecule has 1 aromatic heterocycles. The summed E-state index contributed by atoms with van der Waals surface area (Å²) in [6.07, 6.45) is -3.51. The standard InChI is InChI=1S/C33H37F3N4O4/c1-21(2)30(41)39(22(3)4)20-32(43,33(34,35)36)19-37-28-14-23(5)15-29-27(28)17-38-40(29)26-13-9-12-25(16-26)31(42)44-18-24-10-7-6-8-11-24/h6-17,21-22,37,43H,18-20H2,1-5H3. The molecule has 1 heterocycles. The fraction of sp³-hybridized carbons (Fsp3) is 0.364. The van der Waals surface area contributed by atoms with Gasteiger partial charge in [0.15, 0.2) is 5.60 Å². The fourth-order valence-electron chi connectivity index (χ4n) is 4.81. The van der Waals surface area contributed by atoms with Gasteiger partial charge in [0.25, 0.3) is 0 Å². The van der Waals surface area contributed by atoms with Gasteiger partial charge in [0.1, 0.15) is 6.61 Å². The first-order chi connectivity index (χ1) is 20.7. The topological polar surface area (TPSA) is 96.7 Å². The number of aryl methyl sites for hydroxylation is 1. The van der Waals surface area contributed by atoms with E-state index in [1.54, 1.807) is 69.6 Å². The van der Waals surface area contributed by atoms with Gasteiger partial charge in [0.2, 0.25) is 5.91 Å². The van der Waals surface area contributed by atoms with Gasteiger partial charge >= 0.3 is 12.1 Å². The number of carbonyl (C=O) groups is 2. The first kappa shape index (κ1) is 32.5. The summed E-state index contributed by atoms with van der Waals surface area (Å²) in [5, 5.41) is 18.7. The molecule has 0 saturated heterocycles. The van der Waals surface area contributed by atoms with Crippen LogP contribution in [0.2, 0.25) is 0 Å². The largest absolute Gasteiger partial charge is 0.457 e. The second-order valence-corrected chi connectivity index (χ2v) is 11.5. The van der Waals surface area contributed by atoms with E-state index in [0.717, 1.165) is 16.0 Å². The second kappa shape index (κ2) is 13.1. The third kappa shape index (κ3) is 7.21. The van der Waals surface area contributed by atoms with Gasteiger partial charge in [-0.3, -0.25) is 4.79 Å². The summed E-state index contributed by atoms with van der Waals surface area (Å²) in [6.45, 7) is 6.53. The van der Waals surface area contributed by atoms with Crippen molar-refractivity contribution >= 4 is 28.5 Å². The van der Waals surface area contributed by atoms with Gasteiger partial charge in [-0.2, -0.15) is 18.3 Å². The normalized spacial score (nSPS) is 13.2. The average molecular weight is 611 g/mol.